The Morgan fingerprint density at radius 3 is 3.08 bits per heavy atom. The molecule has 1 nitrogen and oxygen atoms in total. The molecule has 0 bridgehead atoms. The van der Waals surface area contributed by atoms with Crippen LogP contribution in [-0.4, -0.2) is 24.2 Å². The molecule has 0 aromatic rings. The van der Waals surface area contributed by atoms with E-state index in [1.165, 1.54) is 31.7 Å². The second-order valence-corrected chi connectivity index (χ2v) is 11.9. The van der Waals surface area contributed by atoms with Crippen molar-refractivity contribution in [1.29, 1.82) is 0 Å². The molecule has 1 saturated heterocycles. The summed E-state index contributed by atoms with van der Waals surface area (Å²) in [6, 6.07) is 2.99. The maximum Gasteiger partial charge on any atom is 0.147 e. The van der Waals surface area contributed by atoms with Crippen molar-refractivity contribution >= 4 is 17.6 Å². The minimum atomic E-state index is -0.348. The third-order valence-corrected chi connectivity index (χ3v) is 10.1. The van der Waals surface area contributed by atoms with Crippen LogP contribution in [0, 0.1) is 0 Å². The quantitative estimate of drug-likeness (QED) is 0.386. The highest BCUT2D eigenvalue weighted by Crippen LogP contribution is 2.09. The summed E-state index contributed by atoms with van der Waals surface area (Å²) in [6.45, 7) is 3.33. The Kier molecular flexibility index (Phi) is 6.49. The van der Waals surface area contributed by atoms with Gasteiger partial charge in [0.15, 0.2) is 0 Å². The van der Waals surface area contributed by atoms with Gasteiger partial charge >= 0.3 is 0 Å². The highest BCUT2D eigenvalue weighted by molar-refractivity contribution is 7.10. The van der Waals surface area contributed by atoms with Crippen LogP contribution in [0.25, 0.3) is 0 Å². The van der Waals surface area contributed by atoms with Crippen molar-refractivity contribution in [3.05, 3.63) is 12.2 Å². The van der Waals surface area contributed by atoms with E-state index < -0.39 is 0 Å². The average Bonchev–Trinajstić information content (AvgIpc) is 2.19. The standard InChI is InChI=1S/C10H22OSi2/c1-2-3-4-5-6-9-13-10-7-8-11-12-13/h5-6,13H,2-4,7-10,12H2,1H3/b6-5+. The van der Waals surface area contributed by atoms with Gasteiger partial charge in [-0.1, -0.05) is 38.0 Å². The number of rotatable bonds is 5. The van der Waals surface area contributed by atoms with Gasteiger partial charge < -0.3 is 4.43 Å². The highest BCUT2D eigenvalue weighted by Gasteiger charge is 2.14. The van der Waals surface area contributed by atoms with Crippen molar-refractivity contribution in [2.75, 3.05) is 6.61 Å². The molecule has 0 amide bonds. The fraction of sp³-hybridized carbons (Fsp3) is 0.800. The van der Waals surface area contributed by atoms with E-state index in [4.69, 9.17) is 4.43 Å². The van der Waals surface area contributed by atoms with Crippen molar-refractivity contribution in [1.82, 2.24) is 0 Å². The maximum absolute atomic E-state index is 5.63. The molecular weight excluding hydrogens is 192 g/mol. The van der Waals surface area contributed by atoms with Crippen LogP contribution < -0.4 is 0 Å². The van der Waals surface area contributed by atoms with Gasteiger partial charge in [0.2, 0.25) is 0 Å². The summed E-state index contributed by atoms with van der Waals surface area (Å²) in [5, 5.41) is 0. The highest BCUT2D eigenvalue weighted by atomic mass is 29.2. The minimum Gasteiger partial charge on any atom is -0.428 e. The van der Waals surface area contributed by atoms with Gasteiger partial charge in [-0.15, -0.1) is 0 Å². The third-order valence-electron chi connectivity index (χ3n) is 2.62. The first-order valence-corrected chi connectivity index (χ1v) is 11.1. The molecule has 1 fully saturated rings. The van der Waals surface area contributed by atoms with Crippen molar-refractivity contribution in [3.8, 4) is 0 Å². The second-order valence-electron chi connectivity index (χ2n) is 3.93. The Morgan fingerprint density at radius 1 is 1.46 bits per heavy atom. The van der Waals surface area contributed by atoms with Gasteiger partial charge in [0, 0.05) is 6.61 Å². The molecule has 1 atom stereocenters. The minimum absolute atomic E-state index is 0.0294. The zero-order chi connectivity index (χ0) is 9.36. The van der Waals surface area contributed by atoms with Gasteiger partial charge in [-0.3, -0.25) is 0 Å². The molecule has 0 radical (unpaired) electrons. The Labute approximate surface area is 85.9 Å². The molecule has 1 rings (SSSR count). The van der Waals surface area contributed by atoms with Crippen LogP contribution in [0.4, 0.5) is 0 Å². The summed E-state index contributed by atoms with van der Waals surface area (Å²) in [7, 11) is -0.377. The Hall–Kier alpha value is 0.134. The van der Waals surface area contributed by atoms with Crippen LogP contribution in [0.3, 0.4) is 0 Å². The molecule has 1 aliphatic rings. The molecule has 0 saturated carbocycles. The Bertz CT molecular complexity index is 142. The zero-order valence-electron chi connectivity index (χ0n) is 8.80. The summed E-state index contributed by atoms with van der Waals surface area (Å²) >= 11 is 0. The lowest BCUT2D eigenvalue weighted by atomic mass is 10.2. The van der Waals surface area contributed by atoms with E-state index in [1.54, 1.807) is 6.04 Å². The monoisotopic (exact) mass is 214 g/mol. The number of hydrogen-bond acceptors (Lipinski definition) is 1. The van der Waals surface area contributed by atoms with E-state index in [1.807, 2.05) is 0 Å². The zero-order valence-corrected chi connectivity index (χ0v) is 11.4. The van der Waals surface area contributed by atoms with Crippen LogP contribution in [0.5, 0.6) is 0 Å². The molecule has 76 valence electrons. The topological polar surface area (TPSA) is 9.23 Å². The van der Waals surface area contributed by atoms with Gasteiger partial charge in [-0.2, -0.15) is 0 Å². The normalized spacial score (nSPS) is 25.8. The van der Waals surface area contributed by atoms with Crippen molar-refractivity contribution in [2.45, 2.75) is 44.7 Å². The maximum atomic E-state index is 5.63. The lowest BCUT2D eigenvalue weighted by Crippen LogP contribution is -2.29. The molecule has 1 aliphatic heterocycles. The van der Waals surface area contributed by atoms with Gasteiger partial charge in [0.1, 0.15) is 9.28 Å². The van der Waals surface area contributed by atoms with E-state index >= 15 is 0 Å². The van der Waals surface area contributed by atoms with E-state index in [9.17, 15) is 0 Å². The first-order valence-electron chi connectivity index (χ1n) is 5.66. The molecule has 0 spiro atoms. The van der Waals surface area contributed by atoms with E-state index in [2.05, 4.69) is 19.1 Å². The van der Waals surface area contributed by atoms with E-state index in [-0.39, 0.29) is 17.6 Å². The largest absolute Gasteiger partial charge is 0.428 e. The van der Waals surface area contributed by atoms with Crippen LogP contribution in [0.15, 0.2) is 12.2 Å². The molecule has 0 aliphatic carbocycles. The van der Waals surface area contributed by atoms with E-state index in [0.29, 0.717) is 0 Å². The van der Waals surface area contributed by atoms with Gasteiger partial charge in [0.05, 0.1) is 8.31 Å². The van der Waals surface area contributed by atoms with E-state index in [0.717, 1.165) is 6.61 Å². The number of unbranched alkanes of at least 4 members (excludes halogenated alkanes) is 2. The number of allylic oxidation sites excluding steroid dienone is 2. The summed E-state index contributed by atoms with van der Waals surface area (Å²) in [6.07, 6.45) is 10.2. The number of hydrogen-bond donors (Lipinski definition) is 0. The van der Waals surface area contributed by atoms with Crippen molar-refractivity contribution < 1.29 is 4.43 Å². The molecule has 0 aromatic carbocycles. The molecule has 3 heteroatoms. The first kappa shape index (κ1) is 11.2. The van der Waals surface area contributed by atoms with Crippen LogP contribution >= 0.6 is 0 Å². The lowest BCUT2D eigenvalue weighted by Gasteiger charge is -2.18. The fourth-order valence-electron chi connectivity index (χ4n) is 1.72. The van der Waals surface area contributed by atoms with Gasteiger partial charge in [0.25, 0.3) is 0 Å². The summed E-state index contributed by atoms with van der Waals surface area (Å²) in [5.74, 6) is 0. The SMILES string of the molecule is CCCC/C=C/C[SiH]1CCCO[SiH2]1. The lowest BCUT2D eigenvalue weighted by molar-refractivity contribution is 0.335. The summed E-state index contributed by atoms with van der Waals surface area (Å²) in [4.78, 5) is 0. The molecule has 13 heavy (non-hydrogen) atoms. The molecular formula is C10H22OSi2. The predicted octanol–water partition coefficient (Wildman–Crippen LogP) is 1.96. The van der Waals surface area contributed by atoms with Crippen molar-refractivity contribution in [3.63, 3.8) is 0 Å². The molecule has 1 unspecified atom stereocenters. The van der Waals surface area contributed by atoms with Crippen LogP contribution in [0.2, 0.25) is 12.1 Å². The molecule has 0 N–H and O–H groups in total. The Morgan fingerprint density at radius 2 is 2.38 bits per heavy atom. The fourth-order valence-corrected chi connectivity index (χ4v) is 8.14. The molecule has 0 aromatic heterocycles. The van der Waals surface area contributed by atoms with Crippen molar-refractivity contribution in [2.24, 2.45) is 0 Å². The summed E-state index contributed by atoms with van der Waals surface area (Å²) < 4.78 is 5.63. The second kappa shape index (κ2) is 7.53. The summed E-state index contributed by atoms with van der Waals surface area (Å²) in [5.41, 5.74) is 0. The predicted molar refractivity (Wildman–Crippen MR) is 64.5 cm³/mol. The van der Waals surface area contributed by atoms with Gasteiger partial charge in [-0.05, 0) is 18.9 Å². The Balaban J connectivity index is 2.00. The van der Waals surface area contributed by atoms with Crippen LogP contribution in [0.1, 0.15) is 32.6 Å². The third kappa shape index (κ3) is 5.44. The smallest absolute Gasteiger partial charge is 0.147 e. The molecule has 1 heterocycles. The van der Waals surface area contributed by atoms with Gasteiger partial charge in [-0.25, -0.2) is 0 Å². The van der Waals surface area contributed by atoms with Crippen LogP contribution in [-0.2, 0) is 4.43 Å². The average molecular weight is 214 g/mol. The first-order chi connectivity index (χ1) is 6.43.